The normalized spacial score (nSPS) is 9.73. The quantitative estimate of drug-likeness (QED) is 0.763. The number of hydrogen-bond acceptors (Lipinski definition) is 2. The van der Waals surface area contributed by atoms with Gasteiger partial charge in [-0.25, -0.2) is 0 Å². The molecule has 1 aromatic rings. The summed E-state index contributed by atoms with van der Waals surface area (Å²) in [5.41, 5.74) is 1.74. The molecule has 1 amide bonds. The van der Waals surface area contributed by atoms with Crippen LogP contribution in [0.1, 0.15) is 12.0 Å². The van der Waals surface area contributed by atoms with E-state index in [1.165, 1.54) is 4.90 Å². The maximum atomic E-state index is 11.4. The molecule has 1 N–H and O–H groups in total. The van der Waals surface area contributed by atoms with Gasteiger partial charge in [-0.15, -0.1) is 0 Å². The molecule has 1 aromatic carbocycles. The molecule has 0 unspecified atom stereocenters. The summed E-state index contributed by atoms with van der Waals surface area (Å²) in [7, 11) is 1.57. The Morgan fingerprint density at radius 3 is 2.60 bits per heavy atom. The lowest BCUT2D eigenvalue weighted by Gasteiger charge is -2.16. The number of amides is 1. The van der Waals surface area contributed by atoms with Crippen LogP contribution in [-0.4, -0.2) is 24.0 Å². The maximum Gasteiger partial charge on any atom is 0.312 e. The zero-order valence-corrected chi connectivity index (χ0v) is 8.73. The molecule has 0 heterocycles. The van der Waals surface area contributed by atoms with Crippen molar-refractivity contribution in [1.29, 1.82) is 0 Å². The minimum absolute atomic E-state index is 0.423. The molecule has 0 atom stereocenters. The fraction of sp³-hybridized carbons (Fsp3) is 0.273. The number of rotatable bonds is 3. The first-order valence-electron chi connectivity index (χ1n) is 4.55. The number of carboxylic acids is 1. The monoisotopic (exact) mass is 207 g/mol. The number of hydrogen-bond donors (Lipinski definition) is 1. The van der Waals surface area contributed by atoms with Gasteiger partial charge in [0.1, 0.15) is 6.42 Å². The van der Waals surface area contributed by atoms with E-state index in [4.69, 9.17) is 5.11 Å². The Bertz CT molecular complexity index is 387. The summed E-state index contributed by atoms with van der Waals surface area (Å²) in [4.78, 5) is 23.1. The minimum Gasteiger partial charge on any atom is -0.481 e. The van der Waals surface area contributed by atoms with Gasteiger partial charge in [0.05, 0.1) is 0 Å². The summed E-state index contributed by atoms with van der Waals surface area (Å²) in [6.07, 6.45) is -0.482. The van der Waals surface area contributed by atoms with Crippen molar-refractivity contribution in [3.8, 4) is 0 Å². The standard InChI is InChI=1S/C11H13NO3/c1-8-4-3-5-9(6-8)12(2)10(13)7-11(14)15/h3-6H,7H2,1-2H3,(H,14,15). The molecule has 4 nitrogen and oxygen atoms in total. The molecule has 0 aliphatic heterocycles. The number of nitrogens with zero attached hydrogens (tertiary/aromatic N) is 1. The van der Waals surface area contributed by atoms with E-state index in [-0.39, 0.29) is 0 Å². The van der Waals surface area contributed by atoms with Crippen LogP contribution in [-0.2, 0) is 9.59 Å². The zero-order valence-electron chi connectivity index (χ0n) is 8.73. The van der Waals surface area contributed by atoms with Gasteiger partial charge in [0.2, 0.25) is 5.91 Å². The van der Waals surface area contributed by atoms with Crippen molar-refractivity contribution in [2.75, 3.05) is 11.9 Å². The fourth-order valence-corrected chi connectivity index (χ4v) is 1.23. The van der Waals surface area contributed by atoms with Crippen molar-refractivity contribution in [2.24, 2.45) is 0 Å². The zero-order chi connectivity index (χ0) is 11.4. The summed E-state index contributed by atoms with van der Waals surface area (Å²) < 4.78 is 0. The predicted molar refractivity (Wildman–Crippen MR) is 56.8 cm³/mol. The van der Waals surface area contributed by atoms with Gasteiger partial charge in [0.15, 0.2) is 0 Å². The molecule has 0 bridgehead atoms. The first-order valence-corrected chi connectivity index (χ1v) is 4.55. The number of aryl methyl sites for hydroxylation is 1. The molecule has 0 aliphatic rings. The number of carboxylic acid groups (broad SMARTS) is 1. The van der Waals surface area contributed by atoms with Crippen molar-refractivity contribution in [3.63, 3.8) is 0 Å². The molecular weight excluding hydrogens is 194 g/mol. The summed E-state index contributed by atoms with van der Waals surface area (Å²) >= 11 is 0. The first-order chi connectivity index (χ1) is 7.00. The van der Waals surface area contributed by atoms with Crippen LogP contribution in [0.3, 0.4) is 0 Å². The number of benzene rings is 1. The number of carbonyl (C=O) groups excluding carboxylic acids is 1. The Morgan fingerprint density at radius 1 is 1.40 bits per heavy atom. The summed E-state index contributed by atoms with van der Waals surface area (Å²) in [5.74, 6) is -1.53. The highest BCUT2D eigenvalue weighted by molar-refractivity contribution is 6.02. The average Bonchev–Trinajstić information content (AvgIpc) is 2.15. The van der Waals surface area contributed by atoms with Crippen LogP contribution in [0.15, 0.2) is 24.3 Å². The molecule has 15 heavy (non-hydrogen) atoms. The van der Waals surface area contributed by atoms with Crippen molar-refractivity contribution in [3.05, 3.63) is 29.8 Å². The second kappa shape index (κ2) is 4.59. The highest BCUT2D eigenvalue weighted by atomic mass is 16.4. The molecule has 0 fully saturated rings. The molecule has 0 saturated heterocycles. The predicted octanol–water partition coefficient (Wildman–Crippen LogP) is 1.43. The van der Waals surface area contributed by atoms with Gasteiger partial charge in [0, 0.05) is 12.7 Å². The molecule has 0 aliphatic carbocycles. The van der Waals surface area contributed by atoms with Crippen molar-refractivity contribution in [1.82, 2.24) is 0 Å². The fourth-order valence-electron chi connectivity index (χ4n) is 1.23. The van der Waals surface area contributed by atoms with Gasteiger partial charge in [0.25, 0.3) is 0 Å². The SMILES string of the molecule is Cc1cccc(N(C)C(=O)CC(=O)O)c1. The van der Waals surface area contributed by atoms with E-state index < -0.39 is 18.3 Å². The highest BCUT2D eigenvalue weighted by Gasteiger charge is 2.14. The topological polar surface area (TPSA) is 57.6 Å². The van der Waals surface area contributed by atoms with Gasteiger partial charge in [-0.2, -0.15) is 0 Å². The van der Waals surface area contributed by atoms with Crippen LogP contribution < -0.4 is 4.90 Å². The van der Waals surface area contributed by atoms with Crippen molar-refractivity contribution in [2.45, 2.75) is 13.3 Å². The molecular formula is C11H13NO3. The Morgan fingerprint density at radius 2 is 2.07 bits per heavy atom. The van der Waals surface area contributed by atoms with E-state index in [0.29, 0.717) is 5.69 Å². The van der Waals surface area contributed by atoms with E-state index in [9.17, 15) is 9.59 Å². The minimum atomic E-state index is -1.11. The smallest absolute Gasteiger partial charge is 0.312 e. The lowest BCUT2D eigenvalue weighted by atomic mass is 10.2. The summed E-state index contributed by atoms with van der Waals surface area (Å²) in [6.45, 7) is 1.92. The van der Waals surface area contributed by atoms with E-state index in [1.54, 1.807) is 13.1 Å². The molecule has 0 spiro atoms. The third kappa shape index (κ3) is 3.09. The van der Waals surface area contributed by atoms with Crippen LogP contribution in [0.2, 0.25) is 0 Å². The highest BCUT2D eigenvalue weighted by Crippen LogP contribution is 2.14. The second-order valence-corrected chi connectivity index (χ2v) is 3.36. The Balaban J connectivity index is 2.80. The largest absolute Gasteiger partial charge is 0.481 e. The lowest BCUT2D eigenvalue weighted by Crippen LogP contribution is -2.28. The van der Waals surface area contributed by atoms with E-state index in [2.05, 4.69) is 0 Å². The average molecular weight is 207 g/mol. The maximum absolute atomic E-state index is 11.4. The van der Waals surface area contributed by atoms with Crippen LogP contribution in [0.25, 0.3) is 0 Å². The Kier molecular flexibility index (Phi) is 3.44. The van der Waals surface area contributed by atoms with Crippen molar-refractivity contribution >= 4 is 17.6 Å². The molecule has 0 radical (unpaired) electrons. The van der Waals surface area contributed by atoms with Gasteiger partial charge in [-0.05, 0) is 24.6 Å². The number of anilines is 1. The van der Waals surface area contributed by atoms with Gasteiger partial charge >= 0.3 is 5.97 Å². The van der Waals surface area contributed by atoms with Crippen LogP contribution in [0, 0.1) is 6.92 Å². The summed E-state index contributed by atoms with van der Waals surface area (Å²) in [5, 5.41) is 8.49. The van der Waals surface area contributed by atoms with Crippen LogP contribution in [0.4, 0.5) is 5.69 Å². The number of aliphatic carboxylic acids is 1. The molecule has 4 heteroatoms. The Labute approximate surface area is 88.1 Å². The third-order valence-corrected chi connectivity index (χ3v) is 2.07. The molecule has 0 saturated carbocycles. The second-order valence-electron chi connectivity index (χ2n) is 3.36. The van der Waals surface area contributed by atoms with Gasteiger partial charge in [-0.3, -0.25) is 9.59 Å². The first kappa shape index (κ1) is 11.2. The van der Waals surface area contributed by atoms with Gasteiger partial charge in [-0.1, -0.05) is 12.1 Å². The van der Waals surface area contributed by atoms with E-state index in [1.807, 2.05) is 25.1 Å². The van der Waals surface area contributed by atoms with Crippen LogP contribution >= 0.6 is 0 Å². The molecule has 0 aromatic heterocycles. The third-order valence-electron chi connectivity index (χ3n) is 2.07. The molecule has 80 valence electrons. The van der Waals surface area contributed by atoms with E-state index >= 15 is 0 Å². The summed E-state index contributed by atoms with van der Waals surface area (Å²) in [6, 6.07) is 7.35. The molecule has 1 rings (SSSR count). The number of carbonyl (C=O) groups is 2. The van der Waals surface area contributed by atoms with Crippen LogP contribution in [0.5, 0.6) is 0 Å². The van der Waals surface area contributed by atoms with Crippen molar-refractivity contribution < 1.29 is 14.7 Å². The Hall–Kier alpha value is -1.84. The van der Waals surface area contributed by atoms with E-state index in [0.717, 1.165) is 5.56 Å². The van der Waals surface area contributed by atoms with Gasteiger partial charge < -0.3 is 10.0 Å². The lowest BCUT2D eigenvalue weighted by molar-refractivity contribution is -0.140.